The number of ether oxygens (including phenoxy) is 2. The molecule has 1 aromatic carbocycles. The number of methoxy groups -OCH3 is 2. The first kappa shape index (κ1) is 21.5. The molecule has 1 aromatic rings. The number of nitrogens with zero attached hydrogens (tertiary/aromatic N) is 1. The average Bonchev–Trinajstić information content (AvgIpc) is 2.50. The van der Waals surface area contributed by atoms with Crippen LogP contribution in [0.4, 0.5) is 4.39 Å². The lowest BCUT2D eigenvalue weighted by molar-refractivity contribution is 0.147. The number of hydrogen-bond acceptors (Lipinski definition) is 4. The summed E-state index contributed by atoms with van der Waals surface area (Å²) in [5.41, 5.74) is 0.744. The Morgan fingerprint density at radius 1 is 1.23 bits per heavy atom. The molecule has 0 amide bonds. The standard InChI is InChI=1S/C14H20ClFN2O2.2ClH/c1-19-12-4-3-10(13(15)14(12)20-2)11(9-16)18-7-5-17-6-8-18;;/h3-4,11,17H,5-9H2,1-2H3;2*1H/t11-;;/m1../s1. The molecule has 0 radical (unpaired) electrons. The first-order chi connectivity index (χ1) is 9.72. The maximum atomic E-state index is 13.5. The Morgan fingerprint density at radius 3 is 2.36 bits per heavy atom. The van der Waals surface area contributed by atoms with E-state index >= 15 is 0 Å². The normalized spacial score (nSPS) is 16.2. The molecule has 0 saturated carbocycles. The smallest absolute Gasteiger partial charge is 0.179 e. The van der Waals surface area contributed by atoms with E-state index in [0.717, 1.165) is 31.7 Å². The van der Waals surface area contributed by atoms with Crippen LogP contribution in [0.2, 0.25) is 5.02 Å². The van der Waals surface area contributed by atoms with Gasteiger partial charge in [-0.05, 0) is 11.6 Å². The Kier molecular flexibility index (Phi) is 10.1. The Morgan fingerprint density at radius 2 is 1.86 bits per heavy atom. The van der Waals surface area contributed by atoms with E-state index in [9.17, 15) is 4.39 Å². The van der Waals surface area contributed by atoms with Crippen molar-refractivity contribution in [2.24, 2.45) is 0 Å². The highest BCUT2D eigenvalue weighted by atomic mass is 35.5. The quantitative estimate of drug-likeness (QED) is 0.857. The molecule has 22 heavy (non-hydrogen) atoms. The number of benzene rings is 1. The van der Waals surface area contributed by atoms with E-state index in [1.165, 1.54) is 7.11 Å². The zero-order valence-corrected chi connectivity index (χ0v) is 15.0. The molecule has 1 aliphatic rings. The lowest BCUT2D eigenvalue weighted by atomic mass is 10.0. The van der Waals surface area contributed by atoms with E-state index in [-0.39, 0.29) is 30.9 Å². The molecule has 0 bridgehead atoms. The molecule has 0 aliphatic carbocycles. The van der Waals surface area contributed by atoms with E-state index in [0.29, 0.717) is 16.5 Å². The van der Waals surface area contributed by atoms with Gasteiger partial charge in [-0.2, -0.15) is 0 Å². The summed E-state index contributed by atoms with van der Waals surface area (Å²) in [5, 5.41) is 3.68. The Labute approximate surface area is 148 Å². The van der Waals surface area contributed by atoms with Crippen molar-refractivity contribution in [2.75, 3.05) is 47.1 Å². The van der Waals surface area contributed by atoms with E-state index in [2.05, 4.69) is 10.2 Å². The van der Waals surface area contributed by atoms with Gasteiger partial charge in [0.15, 0.2) is 11.5 Å². The highest BCUT2D eigenvalue weighted by molar-refractivity contribution is 6.33. The molecule has 1 aliphatic heterocycles. The van der Waals surface area contributed by atoms with Crippen molar-refractivity contribution >= 4 is 36.4 Å². The van der Waals surface area contributed by atoms with Crippen molar-refractivity contribution in [3.8, 4) is 11.5 Å². The fourth-order valence-electron chi connectivity index (χ4n) is 2.53. The van der Waals surface area contributed by atoms with Gasteiger partial charge in [0.05, 0.1) is 25.3 Å². The van der Waals surface area contributed by atoms with Gasteiger partial charge in [-0.25, -0.2) is 4.39 Å². The van der Waals surface area contributed by atoms with Crippen LogP contribution in [0.3, 0.4) is 0 Å². The topological polar surface area (TPSA) is 33.7 Å². The lowest BCUT2D eigenvalue weighted by Crippen LogP contribution is -2.45. The molecule has 128 valence electrons. The Hall–Kier alpha value is -0.460. The van der Waals surface area contributed by atoms with Gasteiger partial charge in [-0.15, -0.1) is 24.8 Å². The SMILES string of the molecule is COc1ccc([C@@H](CF)N2CCNCC2)c(Cl)c1OC.Cl.Cl. The molecule has 0 spiro atoms. The number of piperazine rings is 1. The second-order valence-corrected chi connectivity index (χ2v) is 5.04. The van der Waals surface area contributed by atoms with Gasteiger partial charge in [-0.1, -0.05) is 17.7 Å². The predicted octanol–water partition coefficient (Wildman–Crippen LogP) is 3.12. The van der Waals surface area contributed by atoms with Crippen molar-refractivity contribution in [1.29, 1.82) is 0 Å². The van der Waals surface area contributed by atoms with E-state index < -0.39 is 6.67 Å². The third-order valence-corrected chi connectivity index (χ3v) is 4.00. The van der Waals surface area contributed by atoms with E-state index in [1.54, 1.807) is 13.2 Å². The van der Waals surface area contributed by atoms with Gasteiger partial charge >= 0.3 is 0 Å². The average molecular weight is 376 g/mol. The Balaban J connectivity index is 0.00000220. The van der Waals surface area contributed by atoms with Crippen molar-refractivity contribution in [3.05, 3.63) is 22.7 Å². The molecule has 0 unspecified atom stereocenters. The minimum atomic E-state index is -0.477. The monoisotopic (exact) mass is 374 g/mol. The van der Waals surface area contributed by atoms with Crippen LogP contribution in [-0.4, -0.2) is 52.0 Å². The first-order valence-electron chi connectivity index (χ1n) is 6.64. The molecule has 4 nitrogen and oxygen atoms in total. The van der Waals surface area contributed by atoms with Crippen LogP contribution in [-0.2, 0) is 0 Å². The predicted molar refractivity (Wildman–Crippen MR) is 92.2 cm³/mol. The summed E-state index contributed by atoms with van der Waals surface area (Å²) in [7, 11) is 3.08. The summed E-state index contributed by atoms with van der Waals surface area (Å²) in [6, 6.07) is 3.24. The summed E-state index contributed by atoms with van der Waals surface area (Å²) in [4.78, 5) is 2.10. The lowest BCUT2D eigenvalue weighted by Gasteiger charge is -2.34. The van der Waals surface area contributed by atoms with Crippen molar-refractivity contribution in [1.82, 2.24) is 10.2 Å². The van der Waals surface area contributed by atoms with Gasteiger partial charge in [-0.3, -0.25) is 4.90 Å². The molecular formula is C14H22Cl3FN2O2. The van der Waals surface area contributed by atoms with Crippen molar-refractivity contribution in [3.63, 3.8) is 0 Å². The van der Waals surface area contributed by atoms with Crippen LogP contribution >= 0.6 is 36.4 Å². The van der Waals surface area contributed by atoms with Crippen molar-refractivity contribution in [2.45, 2.75) is 6.04 Å². The molecule has 2 rings (SSSR count). The Bertz CT molecular complexity index is 460. The van der Waals surface area contributed by atoms with Crippen LogP contribution in [0, 0.1) is 0 Å². The summed E-state index contributed by atoms with van der Waals surface area (Å²) in [5.74, 6) is 1.01. The number of alkyl halides is 1. The number of hydrogen-bond donors (Lipinski definition) is 1. The van der Waals surface area contributed by atoms with Gasteiger partial charge in [0.2, 0.25) is 0 Å². The summed E-state index contributed by atoms with van der Waals surface area (Å²) in [6.45, 7) is 2.86. The number of halogens is 4. The molecule has 1 saturated heterocycles. The molecule has 0 aromatic heterocycles. The molecule has 1 N–H and O–H groups in total. The summed E-state index contributed by atoms with van der Waals surface area (Å²) in [6.07, 6.45) is 0. The van der Waals surface area contributed by atoms with Gasteiger partial charge < -0.3 is 14.8 Å². The van der Waals surface area contributed by atoms with E-state index in [1.807, 2.05) is 6.07 Å². The number of rotatable bonds is 5. The van der Waals surface area contributed by atoms with Crippen LogP contribution < -0.4 is 14.8 Å². The van der Waals surface area contributed by atoms with E-state index in [4.69, 9.17) is 21.1 Å². The zero-order chi connectivity index (χ0) is 14.5. The van der Waals surface area contributed by atoms with Crippen LogP contribution in [0.15, 0.2) is 12.1 Å². The minimum Gasteiger partial charge on any atom is -0.493 e. The second kappa shape index (κ2) is 10.3. The third kappa shape index (κ3) is 4.52. The minimum absolute atomic E-state index is 0. The maximum absolute atomic E-state index is 13.5. The highest BCUT2D eigenvalue weighted by Crippen LogP contribution is 2.41. The van der Waals surface area contributed by atoms with Gasteiger partial charge in [0.1, 0.15) is 6.67 Å². The largest absolute Gasteiger partial charge is 0.493 e. The molecule has 1 fully saturated rings. The second-order valence-electron chi connectivity index (χ2n) is 4.66. The fraction of sp³-hybridized carbons (Fsp3) is 0.571. The first-order valence-corrected chi connectivity index (χ1v) is 7.01. The molecular weight excluding hydrogens is 354 g/mol. The van der Waals surface area contributed by atoms with Crippen LogP contribution in [0.5, 0.6) is 11.5 Å². The zero-order valence-electron chi connectivity index (χ0n) is 12.6. The third-order valence-electron chi connectivity index (χ3n) is 3.61. The summed E-state index contributed by atoms with van der Waals surface area (Å²) >= 11 is 6.37. The highest BCUT2D eigenvalue weighted by Gasteiger charge is 2.26. The van der Waals surface area contributed by atoms with Gasteiger partial charge in [0, 0.05) is 26.2 Å². The molecule has 8 heteroatoms. The van der Waals surface area contributed by atoms with Crippen LogP contribution in [0.25, 0.3) is 0 Å². The number of nitrogens with one attached hydrogen (secondary N) is 1. The van der Waals surface area contributed by atoms with Crippen molar-refractivity contribution < 1.29 is 13.9 Å². The maximum Gasteiger partial charge on any atom is 0.179 e. The molecule has 1 atom stereocenters. The van der Waals surface area contributed by atoms with Crippen LogP contribution in [0.1, 0.15) is 11.6 Å². The molecule has 1 heterocycles. The fourth-order valence-corrected chi connectivity index (χ4v) is 2.89. The van der Waals surface area contributed by atoms with Gasteiger partial charge in [0.25, 0.3) is 0 Å². The summed E-state index contributed by atoms with van der Waals surface area (Å²) < 4.78 is 24.0.